The van der Waals surface area contributed by atoms with Gasteiger partial charge in [-0.1, -0.05) is 313 Å². The molecule has 0 amide bonds. The largest absolute Gasteiger partial charge is 0.462 e. The van der Waals surface area contributed by atoms with Crippen LogP contribution in [0.1, 0.15) is 355 Å². The topological polar surface area (TPSA) is 78.9 Å². The second-order valence-electron chi connectivity index (χ2n) is 22.7. The lowest BCUT2D eigenvalue weighted by Gasteiger charge is -2.18. The van der Waals surface area contributed by atoms with Crippen LogP contribution in [-0.2, 0) is 28.6 Å². The SMILES string of the molecule is CC/C=C\C/C=C\C/C=C\C/C=C\CCCCCCCCCCCCCCCCC(=O)OCC(COC(=O)CCCCCCCCCCCCCCC)OC(=O)CCCCCCCCCCC/C=C\CCCCCCCC. The molecule has 0 aromatic rings. The predicted molar refractivity (Wildman–Crippen MR) is 335 cm³/mol. The molecule has 0 aromatic heterocycles. The standard InChI is InChI=1S/C71H128O6/c1-4-7-10-13-16-19-22-25-27-29-31-32-33-34-35-36-37-38-40-41-43-46-49-52-55-58-61-64-70(73)76-67-68(66-75-69(72)63-60-57-54-51-48-45-24-21-18-15-12-9-6-3)77-71(74)65-62-59-56-53-50-47-44-42-39-30-28-26-23-20-17-14-11-8-5-2/h7,10,16,19,25-28,31-32,68H,4-6,8-9,11-15,17-18,20-24,29-30,33-67H2,1-3H3/b10-7-,19-16-,27-25-,28-26-,32-31-. The van der Waals surface area contributed by atoms with Crippen LogP contribution in [0.2, 0.25) is 0 Å². The zero-order valence-electron chi connectivity index (χ0n) is 51.5. The van der Waals surface area contributed by atoms with Crippen molar-refractivity contribution in [3.63, 3.8) is 0 Å². The molecule has 448 valence electrons. The van der Waals surface area contributed by atoms with Crippen molar-refractivity contribution in [1.29, 1.82) is 0 Å². The van der Waals surface area contributed by atoms with Gasteiger partial charge in [-0.05, 0) is 83.5 Å². The molecule has 0 aliphatic rings. The number of esters is 3. The Labute approximate surface area is 479 Å². The third-order valence-electron chi connectivity index (χ3n) is 15.0. The average Bonchev–Trinajstić information content (AvgIpc) is 3.43. The van der Waals surface area contributed by atoms with E-state index in [4.69, 9.17) is 14.2 Å². The summed E-state index contributed by atoms with van der Waals surface area (Å²) in [5, 5.41) is 0. The van der Waals surface area contributed by atoms with Gasteiger partial charge in [-0.2, -0.15) is 0 Å². The van der Waals surface area contributed by atoms with E-state index >= 15 is 0 Å². The highest BCUT2D eigenvalue weighted by Gasteiger charge is 2.19. The number of carbonyl (C=O) groups is 3. The van der Waals surface area contributed by atoms with Crippen LogP contribution >= 0.6 is 0 Å². The molecule has 77 heavy (non-hydrogen) atoms. The molecule has 0 rings (SSSR count). The molecule has 0 N–H and O–H groups in total. The molecule has 0 heterocycles. The minimum Gasteiger partial charge on any atom is -0.462 e. The van der Waals surface area contributed by atoms with E-state index in [0.29, 0.717) is 19.3 Å². The lowest BCUT2D eigenvalue weighted by atomic mass is 10.0. The van der Waals surface area contributed by atoms with Crippen LogP contribution in [0.15, 0.2) is 60.8 Å². The zero-order chi connectivity index (χ0) is 55.7. The first-order valence-corrected chi connectivity index (χ1v) is 33.8. The Hall–Kier alpha value is -2.89. The van der Waals surface area contributed by atoms with Crippen molar-refractivity contribution in [1.82, 2.24) is 0 Å². The minimum atomic E-state index is -0.773. The van der Waals surface area contributed by atoms with Gasteiger partial charge in [0, 0.05) is 19.3 Å². The fraction of sp³-hybridized carbons (Fsp3) is 0.817. The molecular formula is C71H128O6. The Bertz CT molecular complexity index is 1380. The molecule has 6 heteroatoms. The van der Waals surface area contributed by atoms with Crippen LogP contribution in [0.5, 0.6) is 0 Å². The van der Waals surface area contributed by atoms with Gasteiger partial charge >= 0.3 is 17.9 Å². The first-order chi connectivity index (χ1) is 38.0. The Kier molecular flexibility index (Phi) is 63.2. The second-order valence-corrected chi connectivity index (χ2v) is 22.7. The number of unbranched alkanes of at least 4 members (excludes halogenated alkanes) is 41. The summed E-state index contributed by atoms with van der Waals surface area (Å²) in [5.74, 6) is -0.850. The number of rotatable bonds is 62. The normalized spacial score (nSPS) is 12.4. The summed E-state index contributed by atoms with van der Waals surface area (Å²) in [5.41, 5.74) is 0. The summed E-state index contributed by atoms with van der Waals surface area (Å²) >= 11 is 0. The number of allylic oxidation sites excluding steroid dienone is 10. The van der Waals surface area contributed by atoms with Crippen LogP contribution in [0.3, 0.4) is 0 Å². The third kappa shape index (κ3) is 63.8. The van der Waals surface area contributed by atoms with Gasteiger partial charge in [0.2, 0.25) is 0 Å². The maximum absolute atomic E-state index is 12.9. The first kappa shape index (κ1) is 74.1. The van der Waals surface area contributed by atoms with Gasteiger partial charge in [0.1, 0.15) is 13.2 Å². The zero-order valence-corrected chi connectivity index (χ0v) is 51.5. The van der Waals surface area contributed by atoms with E-state index in [1.165, 1.54) is 231 Å². The van der Waals surface area contributed by atoms with Gasteiger partial charge in [-0.3, -0.25) is 14.4 Å². The van der Waals surface area contributed by atoms with Crippen LogP contribution in [0.4, 0.5) is 0 Å². The predicted octanol–water partition coefficient (Wildman–Crippen LogP) is 23.1. The number of carbonyl (C=O) groups excluding carboxylic acids is 3. The summed E-state index contributed by atoms with van der Waals surface area (Å²) in [6.07, 6.45) is 83.8. The van der Waals surface area contributed by atoms with Crippen LogP contribution in [0, 0.1) is 0 Å². The number of hydrogen-bond donors (Lipinski definition) is 0. The third-order valence-corrected chi connectivity index (χ3v) is 15.0. The van der Waals surface area contributed by atoms with Gasteiger partial charge in [0.05, 0.1) is 0 Å². The van der Waals surface area contributed by atoms with Crippen molar-refractivity contribution in [2.75, 3.05) is 13.2 Å². The molecule has 0 aliphatic heterocycles. The second kappa shape index (κ2) is 65.6. The van der Waals surface area contributed by atoms with Crippen molar-refractivity contribution >= 4 is 17.9 Å². The van der Waals surface area contributed by atoms with Crippen LogP contribution < -0.4 is 0 Å². The lowest BCUT2D eigenvalue weighted by Crippen LogP contribution is -2.30. The van der Waals surface area contributed by atoms with E-state index in [2.05, 4.69) is 81.5 Å². The van der Waals surface area contributed by atoms with E-state index in [9.17, 15) is 14.4 Å². The Balaban J connectivity index is 4.24. The van der Waals surface area contributed by atoms with Crippen molar-refractivity contribution in [3.05, 3.63) is 60.8 Å². The van der Waals surface area contributed by atoms with Gasteiger partial charge in [0.25, 0.3) is 0 Å². The number of ether oxygens (including phenoxy) is 3. The fourth-order valence-electron chi connectivity index (χ4n) is 9.96. The highest BCUT2D eigenvalue weighted by Crippen LogP contribution is 2.18. The molecule has 0 aromatic carbocycles. The van der Waals surface area contributed by atoms with Crippen LogP contribution in [-0.4, -0.2) is 37.2 Å². The van der Waals surface area contributed by atoms with E-state index in [0.717, 1.165) is 83.5 Å². The molecule has 0 bridgehead atoms. The average molecular weight is 1080 g/mol. The summed E-state index contributed by atoms with van der Waals surface area (Å²) in [7, 11) is 0. The monoisotopic (exact) mass is 1080 g/mol. The van der Waals surface area contributed by atoms with Crippen molar-refractivity contribution in [2.24, 2.45) is 0 Å². The van der Waals surface area contributed by atoms with Gasteiger partial charge in [-0.25, -0.2) is 0 Å². The maximum Gasteiger partial charge on any atom is 0.306 e. The Morgan fingerprint density at radius 3 is 0.805 bits per heavy atom. The van der Waals surface area contributed by atoms with Gasteiger partial charge in [0.15, 0.2) is 6.10 Å². The van der Waals surface area contributed by atoms with E-state index in [1.807, 2.05) is 0 Å². The molecule has 0 saturated heterocycles. The van der Waals surface area contributed by atoms with Crippen LogP contribution in [0.25, 0.3) is 0 Å². The molecule has 0 fully saturated rings. The van der Waals surface area contributed by atoms with Crippen molar-refractivity contribution in [3.8, 4) is 0 Å². The Morgan fingerprint density at radius 2 is 0.506 bits per heavy atom. The molecule has 1 unspecified atom stereocenters. The van der Waals surface area contributed by atoms with E-state index in [1.54, 1.807) is 0 Å². The quantitative estimate of drug-likeness (QED) is 0.0261. The van der Waals surface area contributed by atoms with Crippen molar-refractivity contribution < 1.29 is 28.6 Å². The lowest BCUT2D eigenvalue weighted by molar-refractivity contribution is -0.167. The molecule has 6 nitrogen and oxygen atoms in total. The molecule has 0 spiro atoms. The fourth-order valence-corrected chi connectivity index (χ4v) is 9.96. The van der Waals surface area contributed by atoms with Crippen molar-refractivity contribution in [2.45, 2.75) is 361 Å². The minimum absolute atomic E-state index is 0.0699. The molecule has 0 saturated carbocycles. The summed E-state index contributed by atoms with van der Waals surface area (Å²) in [6, 6.07) is 0. The van der Waals surface area contributed by atoms with E-state index in [-0.39, 0.29) is 31.1 Å². The van der Waals surface area contributed by atoms with Gasteiger partial charge < -0.3 is 14.2 Å². The molecule has 0 aliphatic carbocycles. The maximum atomic E-state index is 12.9. The summed E-state index contributed by atoms with van der Waals surface area (Å²) in [6.45, 7) is 6.58. The molecular weight excluding hydrogens is 949 g/mol. The first-order valence-electron chi connectivity index (χ1n) is 33.8. The van der Waals surface area contributed by atoms with Gasteiger partial charge in [-0.15, -0.1) is 0 Å². The summed E-state index contributed by atoms with van der Waals surface area (Å²) in [4.78, 5) is 38.4. The molecule has 1 atom stereocenters. The smallest absolute Gasteiger partial charge is 0.306 e. The summed E-state index contributed by atoms with van der Waals surface area (Å²) < 4.78 is 17.0. The Morgan fingerprint density at radius 1 is 0.273 bits per heavy atom. The van der Waals surface area contributed by atoms with E-state index < -0.39 is 6.10 Å². The highest BCUT2D eigenvalue weighted by molar-refractivity contribution is 5.71. The highest BCUT2D eigenvalue weighted by atomic mass is 16.6. The number of hydrogen-bond acceptors (Lipinski definition) is 6. The molecule has 0 radical (unpaired) electrons.